The first-order valence-electron chi connectivity index (χ1n) is 36.2. The van der Waals surface area contributed by atoms with Crippen molar-refractivity contribution < 1.29 is 42.1 Å². The molecule has 0 aromatic rings. The van der Waals surface area contributed by atoms with Crippen LogP contribution < -0.4 is 0 Å². The Kier molecular flexibility index (Phi) is 63.3. The van der Waals surface area contributed by atoms with E-state index in [0.717, 1.165) is 44.9 Å². The highest BCUT2D eigenvalue weighted by Gasteiger charge is 2.27. The molecule has 0 rings (SSSR count). The molecule has 0 spiro atoms. The molecule has 490 valence electrons. The van der Waals surface area contributed by atoms with Gasteiger partial charge in [-0.1, -0.05) is 339 Å². The number of nitrogens with zero attached hydrogens (tertiary/aromatic N) is 1. The van der Waals surface area contributed by atoms with Crippen molar-refractivity contribution in [2.45, 2.75) is 373 Å². The van der Waals surface area contributed by atoms with Crippen molar-refractivity contribution in [3.8, 4) is 0 Å². The molecule has 0 radical (unpaired) electrons. The monoisotopic (exact) mass is 1190 g/mol. The van der Waals surface area contributed by atoms with Crippen LogP contribution >= 0.6 is 7.82 Å². The first-order valence-corrected chi connectivity index (χ1v) is 37.7. The van der Waals surface area contributed by atoms with Gasteiger partial charge < -0.3 is 18.9 Å². The van der Waals surface area contributed by atoms with Crippen molar-refractivity contribution in [3.05, 3.63) is 36.5 Å². The van der Waals surface area contributed by atoms with Crippen LogP contribution in [0.15, 0.2) is 36.5 Å². The Labute approximate surface area is 516 Å². The number of ether oxygens (including phenoxy) is 2. The maximum atomic E-state index is 12.9. The normalized spacial score (nSPS) is 13.3. The van der Waals surface area contributed by atoms with E-state index in [2.05, 4.69) is 50.3 Å². The smallest absolute Gasteiger partial charge is 0.462 e. The Hall–Kier alpha value is -1.77. The third-order valence-electron chi connectivity index (χ3n) is 16.4. The molecule has 0 fully saturated rings. The summed E-state index contributed by atoms with van der Waals surface area (Å²) in [4.78, 5) is 35.9. The number of hydrogen-bond acceptors (Lipinski definition) is 7. The van der Waals surface area contributed by atoms with Gasteiger partial charge in [0.25, 0.3) is 0 Å². The molecule has 0 aliphatic heterocycles. The Morgan fingerprint density at radius 2 is 0.651 bits per heavy atom. The van der Waals surface area contributed by atoms with Crippen molar-refractivity contribution in [2.24, 2.45) is 0 Å². The third kappa shape index (κ3) is 69.2. The van der Waals surface area contributed by atoms with Gasteiger partial charge in [0.2, 0.25) is 0 Å². The van der Waals surface area contributed by atoms with Crippen LogP contribution in [0.2, 0.25) is 0 Å². The number of rotatable bonds is 68. The fourth-order valence-corrected chi connectivity index (χ4v) is 11.6. The van der Waals surface area contributed by atoms with E-state index in [-0.39, 0.29) is 25.6 Å². The summed E-state index contributed by atoms with van der Waals surface area (Å²) in [6.07, 6.45) is 82.6. The lowest BCUT2D eigenvalue weighted by Gasteiger charge is -2.24. The van der Waals surface area contributed by atoms with Crippen LogP contribution in [0.25, 0.3) is 0 Å². The number of allylic oxidation sites excluding steroid dienone is 6. The summed E-state index contributed by atoms with van der Waals surface area (Å²) in [5.74, 6) is -0.779. The third-order valence-corrected chi connectivity index (χ3v) is 17.4. The lowest BCUT2D eigenvalue weighted by Crippen LogP contribution is -2.37. The molecule has 0 aromatic carbocycles. The zero-order chi connectivity index (χ0) is 60.5. The Morgan fingerprint density at radius 1 is 0.373 bits per heavy atom. The predicted molar refractivity (Wildman–Crippen MR) is 358 cm³/mol. The number of carbonyl (C=O) groups is 2. The van der Waals surface area contributed by atoms with E-state index in [0.29, 0.717) is 23.9 Å². The van der Waals surface area contributed by atoms with Crippen LogP contribution in [0.1, 0.15) is 367 Å². The molecule has 0 aliphatic rings. The van der Waals surface area contributed by atoms with E-state index in [9.17, 15) is 19.0 Å². The standard InChI is InChI=1S/C73H140NO8P/c1-6-8-10-12-14-16-18-20-22-24-26-28-30-32-34-35-36-37-38-40-41-43-45-47-49-51-53-55-57-59-61-63-65-72(75)79-69-71(70-81-83(77,78)80-68-67-74(3,4)5)82-73(76)66-64-62-60-58-56-54-52-50-48-46-44-42-39-33-31-29-27-25-23-21-19-17-15-13-11-9-7-2/h19,21,25,27,31,33,71H,6-18,20,22-24,26,28-30,32,34-70H2,1-5H3/p+1/b21-19-,27-25-,33-31-. The number of likely N-dealkylation sites (N-methyl/N-ethyl adjacent to an activating group) is 1. The molecule has 0 aromatic heterocycles. The number of carbonyl (C=O) groups excluding carboxylic acids is 2. The topological polar surface area (TPSA) is 108 Å². The first kappa shape index (κ1) is 81.2. The summed E-state index contributed by atoms with van der Waals surface area (Å²) in [7, 11) is 1.49. The van der Waals surface area contributed by atoms with Crippen molar-refractivity contribution in [1.29, 1.82) is 0 Å². The summed E-state index contributed by atoms with van der Waals surface area (Å²) in [5, 5.41) is 0. The molecule has 0 bridgehead atoms. The second-order valence-electron chi connectivity index (χ2n) is 26.0. The van der Waals surface area contributed by atoms with Gasteiger partial charge in [0.05, 0.1) is 27.7 Å². The van der Waals surface area contributed by atoms with Crippen molar-refractivity contribution in [3.63, 3.8) is 0 Å². The maximum Gasteiger partial charge on any atom is 0.472 e. The predicted octanol–water partition coefficient (Wildman–Crippen LogP) is 23.4. The molecule has 2 unspecified atom stereocenters. The minimum Gasteiger partial charge on any atom is -0.462 e. The Bertz CT molecular complexity index is 1490. The molecular weight excluding hydrogens is 1050 g/mol. The fourth-order valence-electron chi connectivity index (χ4n) is 10.9. The number of esters is 2. The van der Waals surface area contributed by atoms with Gasteiger partial charge in [0.15, 0.2) is 6.10 Å². The molecule has 2 atom stereocenters. The van der Waals surface area contributed by atoms with Gasteiger partial charge in [0.1, 0.15) is 19.8 Å². The van der Waals surface area contributed by atoms with Crippen LogP contribution in [-0.4, -0.2) is 74.9 Å². The summed E-state index contributed by atoms with van der Waals surface area (Å²) < 4.78 is 34.8. The minimum atomic E-state index is -4.39. The Balaban J connectivity index is 3.98. The summed E-state index contributed by atoms with van der Waals surface area (Å²) in [5.41, 5.74) is 0. The summed E-state index contributed by atoms with van der Waals surface area (Å²) in [6.45, 7) is 4.49. The second kappa shape index (κ2) is 64.7. The van der Waals surface area contributed by atoms with E-state index in [1.807, 2.05) is 21.1 Å². The molecule has 1 N–H and O–H groups in total. The van der Waals surface area contributed by atoms with Gasteiger partial charge in [-0.05, 0) is 51.4 Å². The number of hydrogen-bond donors (Lipinski definition) is 1. The molecule has 0 aliphatic carbocycles. The highest BCUT2D eigenvalue weighted by atomic mass is 31.2. The van der Waals surface area contributed by atoms with Gasteiger partial charge in [-0.3, -0.25) is 18.6 Å². The largest absolute Gasteiger partial charge is 0.472 e. The van der Waals surface area contributed by atoms with Crippen LogP contribution in [0, 0.1) is 0 Å². The van der Waals surface area contributed by atoms with Crippen LogP contribution in [0.5, 0.6) is 0 Å². The van der Waals surface area contributed by atoms with E-state index in [1.54, 1.807) is 0 Å². The number of quaternary nitrogens is 1. The van der Waals surface area contributed by atoms with Gasteiger partial charge in [-0.15, -0.1) is 0 Å². The molecule has 83 heavy (non-hydrogen) atoms. The van der Waals surface area contributed by atoms with E-state index in [4.69, 9.17) is 18.5 Å². The van der Waals surface area contributed by atoms with Crippen molar-refractivity contribution in [1.82, 2.24) is 0 Å². The van der Waals surface area contributed by atoms with Crippen molar-refractivity contribution in [2.75, 3.05) is 47.5 Å². The molecule has 0 saturated heterocycles. The summed E-state index contributed by atoms with van der Waals surface area (Å²) >= 11 is 0. The lowest BCUT2D eigenvalue weighted by molar-refractivity contribution is -0.870. The Morgan fingerprint density at radius 3 is 0.964 bits per heavy atom. The minimum absolute atomic E-state index is 0.0334. The zero-order valence-corrected chi connectivity index (χ0v) is 56.9. The van der Waals surface area contributed by atoms with Gasteiger partial charge in [0, 0.05) is 12.8 Å². The lowest BCUT2D eigenvalue weighted by atomic mass is 10.0. The maximum absolute atomic E-state index is 12.9. The molecule has 9 nitrogen and oxygen atoms in total. The van der Waals surface area contributed by atoms with Crippen LogP contribution in [-0.2, 0) is 32.7 Å². The molecular formula is C73H141NO8P+. The molecule has 0 amide bonds. The van der Waals surface area contributed by atoms with Gasteiger partial charge in [-0.25, -0.2) is 4.57 Å². The average Bonchev–Trinajstić information content (AvgIpc) is 3.49. The molecule has 10 heteroatoms. The highest BCUT2D eigenvalue weighted by Crippen LogP contribution is 2.43. The molecule has 0 heterocycles. The van der Waals surface area contributed by atoms with E-state index < -0.39 is 26.5 Å². The fraction of sp³-hybridized carbons (Fsp3) is 0.890. The van der Waals surface area contributed by atoms with Crippen LogP contribution in [0.4, 0.5) is 0 Å². The van der Waals surface area contributed by atoms with Crippen LogP contribution in [0.3, 0.4) is 0 Å². The summed E-state index contributed by atoms with van der Waals surface area (Å²) in [6, 6.07) is 0. The number of unbranched alkanes of at least 4 members (excludes halogenated alkanes) is 48. The SMILES string of the molecule is CCCCCCC/C=C\C/C=C\C/C=C\CCCCCCCCCCCCCCC(=O)OC(COC(=O)CCCCCCCCCCCCCCCCCCCCCCCCCCCCCCCCCC)COP(=O)(O)OCC[N+](C)(C)C. The zero-order valence-electron chi connectivity index (χ0n) is 56.0. The number of phosphoric ester groups is 1. The number of phosphoric acid groups is 1. The average molecular weight is 1190 g/mol. The second-order valence-corrected chi connectivity index (χ2v) is 27.4. The van der Waals surface area contributed by atoms with E-state index >= 15 is 0 Å². The van der Waals surface area contributed by atoms with Crippen molar-refractivity contribution >= 4 is 19.8 Å². The molecule has 0 saturated carbocycles. The highest BCUT2D eigenvalue weighted by molar-refractivity contribution is 7.47. The van der Waals surface area contributed by atoms with Gasteiger partial charge >= 0.3 is 19.8 Å². The van der Waals surface area contributed by atoms with E-state index in [1.165, 1.54) is 289 Å². The quantitative estimate of drug-likeness (QED) is 0.0211. The van der Waals surface area contributed by atoms with Gasteiger partial charge in [-0.2, -0.15) is 0 Å². The first-order chi connectivity index (χ1) is 40.5.